The van der Waals surface area contributed by atoms with E-state index in [1.807, 2.05) is 0 Å². The summed E-state index contributed by atoms with van der Waals surface area (Å²) in [5, 5.41) is 3.27. The van der Waals surface area contributed by atoms with Crippen LogP contribution in [0.25, 0.3) is 0 Å². The van der Waals surface area contributed by atoms with Gasteiger partial charge >= 0.3 is 0 Å². The third-order valence-electron chi connectivity index (χ3n) is 5.02. The van der Waals surface area contributed by atoms with Crippen molar-refractivity contribution in [1.82, 2.24) is 9.62 Å². The van der Waals surface area contributed by atoms with E-state index in [2.05, 4.69) is 12.2 Å². The lowest BCUT2D eigenvalue weighted by atomic mass is 9.78. The molecule has 0 amide bonds. The summed E-state index contributed by atoms with van der Waals surface area (Å²) in [5.41, 5.74) is 0.495. The van der Waals surface area contributed by atoms with Gasteiger partial charge in [0.25, 0.3) is 0 Å². The summed E-state index contributed by atoms with van der Waals surface area (Å²) in [6.07, 6.45) is 9.32. The van der Waals surface area contributed by atoms with Crippen LogP contribution in [0.15, 0.2) is 0 Å². The molecule has 1 saturated heterocycles. The first kappa shape index (κ1) is 16.2. The van der Waals surface area contributed by atoms with Crippen LogP contribution >= 0.6 is 0 Å². The molecule has 0 atom stereocenters. The van der Waals surface area contributed by atoms with Gasteiger partial charge in [-0.05, 0) is 57.0 Å². The van der Waals surface area contributed by atoms with E-state index in [1.54, 1.807) is 4.31 Å². The van der Waals surface area contributed by atoms with Crippen molar-refractivity contribution in [3.05, 3.63) is 0 Å². The summed E-state index contributed by atoms with van der Waals surface area (Å²) < 4.78 is 26.4. The lowest BCUT2D eigenvalue weighted by Crippen LogP contribution is -2.43. The van der Waals surface area contributed by atoms with Crippen LogP contribution in [0.1, 0.15) is 58.3 Å². The Hall–Kier alpha value is -0.130. The van der Waals surface area contributed by atoms with Gasteiger partial charge in [0.15, 0.2) is 0 Å². The highest BCUT2D eigenvalue weighted by atomic mass is 32.2. The molecule has 2 rings (SSSR count). The van der Waals surface area contributed by atoms with Crippen LogP contribution in [0.4, 0.5) is 0 Å². The number of piperidine rings is 1. The molecule has 0 aromatic rings. The Kier molecular flexibility index (Phi) is 5.87. The fourth-order valence-electron chi connectivity index (χ4n) is 3.67. The summed E-state index contributed by atoms with van der Waals surface area (Å²) in [5.74, 6) is 0.302. The van der Waals surface area contributed by atoms with E-state index in [0.29, 0.717) is 11.2 Å². The maximum Gasteiger partial charge on any atom is 0.214 e. The minimum absolute atomic E-state index is 0.302. The van der Waals surface area contributed by atoms with Crippen molar-refractivity contribution >= 4 is 10.0 Å². The molecule has 1 heterocycles. The molecule has 0 aromatic carbocycles. The van der Waals surface area contributed by atoms with Gasteiger partial charge in [-0.25, -0.2) is 12.7 Å². The van der Waals surface area contributed by atoms with Crippen molar-refractivity contribution in [3.8, 4) is 0 Å². The Morgan fingerprint density at radius 1 is 1.05 bits per heavy atom. The van der Waals surface area contributed by atoms with Crippen LogP contribution in [0.2, 0.25) is 0 Å². The fourth-order valence-corrected chi connectivity index (χ4v) is 5.18. The largest absolute Gasteiger partial charge is 0.317 e. The van der Waals surface area contributed by atoms with Gasteiger partial charge in [0.05, 0.1) is 5.75 Å². The Morgan fingerprint density at radius 2 is 1.70 bits per heavy atom. The van der Waals surface area contributed by atoms with Crippen molar-refractivity contribution in [3.63, 3.8) is 0 Å². The van der Waals surface area contributed by atoms with Gasteiger partial charge in [-0.2, -0.15) is 0 Å². The van der Waals surface area contributed by atoms with Crippen LogP contribution in [0.5, 0.6) is 0 Å². The summed E-state index contributed by atoms with van der Waals surface area (Å²) in [7, 11) is -3.02. The lowest BCUT2D eigenvalue weighted by molar-refractivity contribution is 0.160. The highest BCUT2D eigenvalue weighted by Crippen LogP contribution is 2.46. The first-order valence-corrected chi connectivity index (χ1v) is 9.87. The van der Waals surface area contributed by atoms with Crippen LogP contribution in [0.3, 0.4) is 0 Å². The molecule has 1 aliphatic heterocycles. The molecule has 4 nitrogen and oxygen atoms in total. The number of nitrogens with one attached hydrogen (secondary N) is 1. The van der Waals surface area contributed by atoms with Gasteiger partial charge in [-0.1, -0.05) is 19.8 Å². The molecule has 1 N–H and O–H groups in total. The number of sulfonamides is 1. The molecular weight excluding hydrogens is 272 g/mol. The molecule has 5 heteroatoms. The van der Waals surface area contributed by atoms with Gasteiger partial charge < -0.3 is 5.32 Å². The van der Waals surface area contributed by atoms with Gasteiger partial charge in [-0.3, -0.25) is 0 Å². The van der Waals surface area contributed by atoms with Crippen molar-refractivity contribution in [2.24, 2.45) is 5.41 Å². The van der Waals surface area contributed by atoms with E-state index < -0.39 is 10.0 Å². The molecule has 2 aliphatic rings. The van der Waals surface area contributed by atoms with E-state index in [4.69, 9.17) is 0 Å². The normalized spacial score (nSPS) is 23.4. The summed E-state index contributed by atoms with van der Waals surface area (Å²) >= 11 is 0. The zero-order valence-corrected chi connectivity index (χ0v) is 13.7. The van der Waals surface area contributed by atoms with E-state index >= 15 is 0 Å². The monoisotopic (exact) mass is 302 g/mol. The lowest BCUT2D eigenvalue weighted by Gasteiger charge is -2.38. The van der Waals surface area contributed by atoms with Crippen molar-refractivity contribution in [2.75, 3.05) is 31.9 Å². The third-order valence-corrected chi connectivity index (χ3v) is 6.98. The molecule has 0 bridgehead atoms. The third kappa shape index (κ3) is 4.18. The quantitative estimate of drug-likeness (QED) is 0.735. The molecule has 0 unspecified atom stereocenters. The maximum absolute atomic E-state index is 12.3. The molecule has 1 spiro atoms. The van der Waals surface area contributed by atoms with Crippen molar-refractivity contribution in [1.29, 1.82) is 0 Å². The van der Waals surface area contributed by atoms with E-state index in [9.17, 15) is 8.42 Å². The van der Waals surface area contributed by atoms with E-state index in [-0.39, 0.29) is 0 Å². The van der Waals surface area contributed by atoms with Crippen LogP contribution < -0.4 is 5.32 Å². The molecule has 118 valence electrons. The van der Waals surface area contributed by atoms with Gasteiger partial charge in [0.1, 0.15) is 0 Å². The second-order valence-corrected chi connectivity index (χ2v) is 8.61. The second kappa shape index (κ2) is 7.23. The highest BCUT2D eigenvalue weighted by Gasteiger charge is 2.39. The first-order valence-electron chi connectivity index (χ1n) is 8.27. The Bertz CT molecular complexity index is 379. The minimum Gasteiger partial charge on any atom is -0.317 e. The van der Waals surface area contributed by atoms with E-state index in [1.165, 1.54) is 25.7 Å². The molecular formula is C15H30N2O2S. The minimum atomic E-state index is -3.02. The SMILES string of the molecule is CCCNCCCS(=O)(=O)N1CCC2(CCCC2)CC1. The van der Waals surface area contributed by atoms with Crippen LogP contribution in [0, 0.1) is 5.41 Å². The van der Waals surface area contributed by atoms with Crippen molar-refractivity contribution in [2.45, 2.75) is 58.3 Å². The summed E-state index contributed by atoms with van der Waals surface area (Å²) in [6, 6.07) is 0. The predicted molar refractivity (Wildman–Crippen MR) is 83.3 cm³/mol. The average molecular weight is 302 g/mol. The van der Waals surface area contributed by atoms with Gasteiger partial charge in [0, 0.05) is 13.1 Å². The smallest absolute Gasteiger partial charge is 0.214 e. The first-order chi connectivity index (χ1) is 9.58. The second-order valence-electron chi connectivity index (χ2n) is 6.53. The Balaban J connectivity index is 1.73. The Morgan fingerprint density at radius 3 is 2.30 bits per heavy atom. The molecule has 20 heavy (non-hydrogen) atoms. The molecule has 1 saturated carbocycles. The molecule has 0 radical (unpaired) electrons. The van der Waals surface area contributed by atoms with Crippen LogP contribution in [-0.4, -0.2) is 44.7 Å². The van der Waals surface area contributed by atoms with E-state index in [0.717, 1.165) is 51.9 Å². The zero-order valence-electron chi connectivity index (χ0n) is 12.9. The molecule has 2 fully saturated rings. The summed E-state index contributed by atoms with van der Waals surface area (Å²) in [4.78, 5) is 0. The summed E-state index contributed by atoms with van der Waals surface area (Å²) in [6.45, 7) is 5.42. The van der Waals surface area contributed by atoms with Gasteiger partial charge in [-0.15, -0.1) is 0 Å². The highest BCUT2D eigenvalue weighted by molar-refractivity contribution is 7.89. The average Bonchev–Trinajstić information content (AvgIpc) is 2.87. The number of nitrogens with zero attached hydrogens (tertiary/aromatic N) is 1. The predicted octanol–water partition coefficient (Wildman–Crippen LogP) is 2.36. The van der Waals surface area contributed by atoms with Crippen molar-refractivity contribution < 1.29 is 8.42 Å². The fraction of sp³-hybridized carbons (Fsp3) is 1.00. The molecule has 0 aromatic heterocycles. The molecule has 1 aliphatic carbocycles. The van der Waals surface area contributed by atoms with Crippen LogP contribution in [-0.2, 0) is 10.0 Å². The number of hydrogen-bond donors (Lipinski definition) is 1. The standard InChI is InChI=1S/C15H30N2O2S/c1-2-10-16-11-5-14-20(18,19)17-12-8-15(9-13-17)6-3-4-7-15/h16H,2-14H2,1H3. The number of rotatable bonds is 7. The maximum atomic E-state index is 12.3. The zero-order chi connectivity index (χ0) is 14.5. The number of hydrogen-bond acceptors (Lipinski definition) is 3. The Labute approximate surface area is 124 Å². The topological polar surface area (TPSA) is 49.4 Å². The van der Waals surface area contributed by atoms with Gasteiger partial charge in [0.2, 0.25) is 10.0 Å².